The second-order valence-electron chi connectivity index (χ2n) is 8.02. The van der Waals surface area contributed by atoms with E-state index in [1.54, 1.807) is 0 Å². The lowest BCUT2D eigenvalue weighted by Gasteiger charge is -2.49. The van der Waals surface area contributed by atoms with Crippen LogP contribution in [0.2, 0.25) is 0 Å². The van der Waals surface area contributed by atoms with Gasteiger partial charge in [0.2, 0.25) is 0 Å². The quantitative estimate of drug-likeness (QED) is 0.750. The zero-order valence-corrected chi connectivity index (χ0v) is 12.8. The SMILES string of the molecule is CC1(C)CC(NC2CC(N(CC(=O)O)CC3CC3)C2)C1. The Kier molecular flexibility index (Phi) is 3.80. The predicted molar refractivity (Wildman–Crippen MR) is 78.7 cm³/mol. The maximum atomic E-state index is 11.0. The van der Waals surface area contributed by atoms with Gasteiger partial charge in [0.05, 0.1) is 6.54 Å². The van der Waals surface area contributed by atoms with Crippen LogP contribution in [0.5, 0.6) is 0 Å². The van der Waals surface area contributed by atoms with Gasteiger partial charge in [0, 0.05) is 24.7 Å². The minimum absolute atomic E-state index is 0.227. The molecule has 0 saturated heterocycles. The van der Waals surface area contributed by atoms with Crippen LogP contribution in [0.25, 0.3) is 0 Å². The summed E-state index contributed by atoms with van der Waals surface area (Å²) in [5.41, 5.74) is 0.530. The van der Waals surface area contributed by atoms with E-state index in [4.69, 9.17) is 5.11 Å². The predicted octanol–water partition coefficient (Wildman–Crippen LogP) is 2.09. The number of nitrogens with zero attached hydrogens (tertiary/aromatic N) is 1. The first-order valence-corrected chi connectivity index (χ1v) is 8.13. The molecule has 0 unspecified atom stereocenters. The van der Waals surface area contributed by atoms with Gasteiger partial charge in [0.25, 0.3) is 0 Å². The third-order valence-electron chi connectivity index (χ3n) is 5.23. The number of nitrogens with one attached hydrogen (secondary N) is 1. The number of carboxylic acid groups (broad SMARTS) is 1. The van der Waals surface area contributed by atoms with Crippen LogP contribution in [-0.2, 0) is 4.79 Å². The Labute approximate surface area is 121 Å². The second kappa shape index (κ2) is 5.30. The summed E-state index contributed by atoms with van der Waals surface area (Å²) >= 11 is 0. The summed E-state index contributed by atoms with van der Waals surface area (Å²) in [4.78, 5) is 13.2. The van der Waals surface area contributed by atoms with Crippen LogP contribution in [0, 0.1) is 11.3 Å². The molecule has 3 aliphatic rings. The van der Waals surface area contributed by atoms with Crippen molar-refractivity contribution in [1.29, 1.82) is 0 Å². The van der Waals surface area contributed by atoms with E-state index in [2.05, 4.69) is 24.1 Å². The molecule has 3 fully saturated rings. The summed E-state index contributed by atoms with van der Waals surface area (Å²) in [5, 5.41) is 12.8. The van der Waals surface area contributed by atoms with Crippen molar-refractivity contribution in [2.24, 2.45) is 11.3 Å². The molecule has 0 atom stereocenters. The van der Waals surface area contributed by atoms with Crippen molar-refractivity contribution in [3.8, 4) is 0 Å². The Morgan fingerprint density at radius 1 is 1.25 bits per heavy atom. The van der Waals surface area contributed by atoms with Crippen LogP contribution in [-0.4, -0.2) is 47.2 Å². The maximum absolute atomic E-state index is 11.0. The molecule has 3 rings (SSSR count). The van der Waals surface area contributed by atoms with Crippen molar-refractivity contribution in [2.45, 2.75) is 70.5 Å². The van der Waals surface area contributed by atoms with E-state index < -0.39 is 5.97 Å². The molecule has 0 heterocycles. The highest BCUT2D eigenvalue weighted by Gasteiger charge is 2.41. The van der Waals surface area contributed by atoms with Crippen LogP contribution >= 0.6 is 0 Å². The largest absolute Gasteiger partial charge is 0.480 e. The van der Waals surface area contributed by atoms with Crippen molar-refractivity contribution >= 4 is 5.97 Å². The van der Waals surface area contributed by atoms with E-state index in [0.717, 1.165) is 25.3 Å². The lowest BCUT2D eigenvalue weighted by molar-refractivity contribution is -0.139. The lowest BCUT2D eigenvalue weighted by Crippen LogP contribution is -2.58. The Morgan fingerprint density at radius 3 is 2.40 bits per heavy atom. The van der Waals surface area contributed by atoms with Crippen LogP contribution in [0.1, 0.15) is 52.4 Å². The fraction of sp³-hybridized carbons (Fsp3) is 0.938. The molecule has 0 radical (unpaired) electrons. The van der Waals surface area contributed by atoms with Crippen molar-refractivity contribution in [3.05, 3.63) is 0 Å². The number of hydrogen-bond acceptors (Lipinski definition) is 3. The average Bonchev–Trinajstić information content (AvgIpc) is 3.02. The lowest BCUT2D eigenvalue weighted by atomic mass is 9.67. The minimum Gasteiger partial charge on any atom is -0.480 e. The zero-order valence-electron chi connectivity index (χ0n) is 12.8. The molecular weight excluding hydrogens is 252 g/mol. The van der Waals surface area contributed by atoms with Gasteiger partial charge in [-0.05, 0) is 49.9 Å². The van der Waals surface area contributed by atoms with Crippen molar-refractivity contribution in [1.82, 2.24) is 10.2 Å². The molecule has 4 heteroatoms. The Balaban J connectivity index is 1.39. The number of carboxylic acids is 1. The second-order valence-corrected chi connectivity index (χ2v) is 8.02. The molecule has 20 heavy (non-hydrogen) atoms. The van der Waals surface area contributed by atoms with Gasteiger partial charge in [0.15, 0.2) is 0 Å². The highest BCUT2D eigenvalue weighted by Crippen LogP contribution is 2.41. The first-order chi connectivity index (χ1) is 9.41. The third-order valence-corrected chi connectivity index (χ3v) is 5.23. The summed E-state index contributed by atoms with van der Waals surface area (Å²) in [6.45, 7) is 5.89. The van der Waals surface area contributed by atoms with Crippen LogP contribution in [0.4, 0.5) is 0 Å². The van der Waals surface area contributed by atoms with Crippen LogP contribution < -0.4 is 5.32 Å². The highest BCUT2D eigenvalue weighted by atomic mass is 16.4. The Bertz CT molecular complexity index is 365. The molecule has 0 aromatic carbocycles. The molecule has 0 aromatic heterocycles. The summed E-state index contributed by atoms with van der Waals surface area (Å²) in [5.74, 6) is 0.0941. The van der Waals surface area contributed by atoms with Crippen molar-refractivity contribution < 1.29 is 9.90 Å². The smallest absolute Gasteiger partial charge is 0.317 e. The molecule has 0 spiro atoms. The molecular formula is C16H28N2O2. The molecule has 0 aliphatic heterocycles. The van der Waals surface area contributed by atoms with Gasteiger partial charge in [-0.3, -0.25) is 9.69 Å². The Hall–Kier alpha value is -0.610. The van der Waals surface area contributed by atoms with Gasteiger partial charge in [-0.1, -0.05) is 13.8 Å². The number of hydrogen-bond donors (Lipinski definition) is 2. The zero-order chi connectivity index (χ0) is 14.3. The monoisotopic (exact) mass is 280 g/mol. The van der Waals surface area contributed by atoms with Gasteiger partial charge in [-0.2, -0.15) is 0 Å². The van der Waals surface area contributed by atoms with E-state index in [0.29, 0.717) is 23.5 Å². The Morgan fingerprint density at radius 2 is 1.90 bits per heavy atom. The van der Waals surface area contributed by atoms with Gasteiger partial charge in [-0.15, -0.1) is 0 Å². The van der Waals surface area contributed by atoms with E-state index in [-0.39, 0.29) is 6.54 Å². The molecule has 114 valence electrons. The first kappa shape index (κ1) is 14.3. The van der Waals surface area contributed by atoms with Gasteiger partial charge in [-0.25, -0.2) is 0 Å². The van der Waals surface area contributed by atoms with Gasteiger partial charge < -0.3 is 10.4 Å². The molecule has 3 saturated carbocycles. The average molecular weight is 280 g/mol. The normalized spacial score (nSPS) is 32.8. The van der Waals surface area contributed by atoms with Crippen molar-refractivity contribution in [3.63, 3.8) is 0 Å². The third kappa shape index (κ3) is 3.53. The van der Waals surface area contributed by atoms with E-state index >= 15 is 0 Å². The fourth-order valence-corrected chi connectivity index (χ4v) is 3.90. The molecule has 0 bridgehead atoms. The summed E-state index contributed by atoms with van der Waals surface area (Å²) in [6, 6.07) is 1.82. The maximum Gasteiger partial charge on any atom is 0.317 e. The van der Waals surface area contributed by atoms with Gasteiger partial charge in [0.1, 0.15) is 0 Å². The minimum atomic E-state index is -0.678. The summed E-state index contributed by atoms with van der Waals surface area (Å²) < 4.78 is 0. The standard InChI is InChI=1S/C16H28N2O2/c1-16(2)7-13(8-16)17-12-5-14(6-12)18(10-15(19)20)9-11-3-4-11/h11-14,17H,3-10H2,1-2H3,(H,19,20). The van der Waals surface area contributed by atoms with E-state index in [9.17, 15) is 4.79 Å². The molecule has 0 aromatic rings. The topological polar surface area (TPSA) is 52.6 Å². The fourth-order valence-electron chi connectivity index (χ4n) is 3.90. The molecule has 4 nitrogen and oxygen atoms in total. The van der Waals surface area contributed by atoms with Gasteiger partial charge >= 0.3 is 5.97 Å². The van der Waals surface area contributed by atoms with Crippen molar-refractivity contribution in [2.75, 3.05) is 13.1 Å². The van der Waals surface area contributed by atoms with E-state index in [1.807, 2.05) is 0 Å². The first-order valence-electron chi connectivity index (χ1n) is 8.13. The van der Waals surface area contributed by atoms with Crippen LogP contribution in [0.15, 0.2) is 0 Å². The number of carbonyl (C=O) groups is 1. The summed E-state index contributed by atoms with van der Waals surface area (Å²) in [7, 11) is 0. The number of aliphatic carboxylic acids is 1. The summed E-state index contributed by atoms with van der Waals surface area (Å²) in [6.07, 6.45) is 7.43. The highest BCUT2D eigenvalue weighted by molar-refractivity contribution is 5.69. The number of rotatable bonds is 7. The molecule has 0 amide bonds. The van der Waals surface area contributed by atoms with E-state index in [1.165, 1.54) is 25.7 Å². The van der Waals surface area contributed by atoms with Crippen LogP contribution in [0.3, 0.4) is 0 Å². The molecule has 3 aliphatic carbocycles. The molecule has 2 N–H and O–H groups in total.